The number of nitrogens with one attached hydrogen (secondary N) is 1. The smallest absolute Gasteiger partial charge is 0.313 e. The number of hydrogen-bond acceptors (Lipinski definition) is 4. The van der Waals surface area contributed by atoms with Gasteiger partial charge in [-0.25, -0.2) is 0 Å². The molecular weight excluding hydrogens is 248 g/mol. The first kappa shape index (κ1) is 11.8. The number of fused-ring (bicyclic) bond motifs is 1. The average molecular weight is 262 g/mol. The van der Waals surface area contributed by atoms with Crippen LogP contribution in [0.4, 0.5) is 5.69 Å². The molecule has 2 amide bonds. The summed E-state index contributed by atoms with van der Waals surface area (Å²) in [4.78, 5) is 25.2. The van der Waals surface area contributed by atoms with E-state index in [0.29, 0.717) is 30.3 Å². The van der Waals surface area contributed by atoms with E-state index in [-0.39, 0.29) is 6.79 Å². The topological polar surface area (TPSA) is 67.9 Å². The molecule has 2 aliphatic rings. The van der Waals surface area contributed by atoms with Gasteiger partial charge in [0.2, 0.25) is 6.79 Å². The van der Waals surface area contributed by atoms with E-state index in [4.69, 9.17) is 9.47 Å². The summed E-state index contributed by atoms with van der Waals surface area (Å²) in [6.07, 6.45) is 1.92. The normalized spacial score (nSPS) is 16.5. The lowest BCUT2D eigenvalue weighted by molar-refractivity contribution is -0.142. The lowest BCUT2D eigenvalue weighted by Gasteiger charge is -2.14. The molecule has 0 aromatic heterocycles. The maximum absolute atomic E-state index is 11.8. The van der Waals surface area contributed by atoms with Crippen LogP contribution in [0.1, 0.15) is 12.8 Å². The molecule has 0 spiro atoms. The number of nitrogens with zero attached hydrogens (tertiary/aromatic N) is 1. The van der Waals surface area contributed by atoms with Crippen molar-refractivity contribution in [1.29, 1.82) is 0 Å². The summed E-state index contributed by atoms with van der Waals surface area (Å²) in [6.45, 7) is 1.50. The van der Waals surface area contributed by atoms with Crippen molar-refractivity contribution in [2.75, 3.05) is 25.2 Å². The van der Waals surface area contributed by atoms with Crippen LogP contribution in [0, 0.1) is 0 Å². The van der Waals surface area contributed by atoms with Crippen LogP contribution in [0.15, 0.2) is 18.2 Å². The van der Waals surface area contributed by atoms with Gasteiger partial charge in [-0.15, -0.1) is 0 Å². The van der Waals surface area contributed by atoms with Crippen LogP contribution in [-0.2, 0) is 9.59 Å². The third kappa shape index (κ3) is 2.33. The Bertz CT molecular complexity index is 523. The first-order valence-corrected chi connectivity index (χ1v) is 6.24. The first-order valence-electron chi connectivity index (χ1n) is 6.24. The molecule has 0 radical (unpaired) electrons. The maximum Gasteiger partial charge on any atom is 0.313 e. The van der Waals surface area contributed by atoms with Gasteiger partial charge in [-0.2, -0.15) is 0 Å². The lowest BCUT2D eigenvalue weighted by Crippen LogP contribution is -2.37. The van der Waals surface area contributed by atoms with Crippen molar-refractivity contribution in [1.82, 2.24) is 4.90 Å². The average Bonchev–Trinajstić information content (AvgIpc) is 3.08. The molecule has 0 atom stereocenters. The Morgan fingerprint density at radius 3 is 2.63 bits per heavy atom. The van der Waals surface area contributed by atoms with E-state index in [1.165, 1.54) is 0 Å². The molecular formula is C13H14N2O4. The molecule has 6 nitrogen and oxygen atoms in total. The fraction of sp³-hybridized carbons (Fsp3) is 0.385. The summed E-state index contributed by atoms with van der Waals surface area (Å²) in [7, 11) is 0. The first-order chi connectivity index (χ1) is 9.24. The zero-order valence-corrected chi connectivity index (χ0v) is 10.3. The largest absolute Gasteiger partial charge is 0.454 e. The summed E-state index contributed by atoms with van der Waals surface area (Å²) in [6, 6.07) is 5.04. The van der Waals surface area contributed by atoms with Crippen LogP contribution < -0.4 is 14.8 Å². The molecule has 2 aliphatic heterocycles. The van der Waals surface area contributed by atoms with E-state index in [2.05, 4.69) is 5.32 Å². The van der Waals surface area contributed by atoms with E-state index in [1.807, 2.05) is 0 Å². The lowest BCUT2D eigenvalue weighted by atomic mass is 10.2. The number of anilines is 1. The number of amides is 2. The van der Waals surface area contributed by atoms with Crippen LogP contribution >= 0.6 is 0 Å². The molecule has 1 aromatic carbocycles. The van der Waals surface area contributed by atoms with Crippen LogP contribution in [-0.4, -0.2) is 36.6 Å². The second-order valence-corrected chi connectivity index (χ2v) is 4.52. The molecule has 6 heteroatoms. The van der Waals surface area contributed by atoms with Gasteiger partial charge in [0.15, 0.2) is 11.5 Å². The minimum absolute atomic E-state index is 0.180. The number of hydrogen-bond donors (Lipinski definition) is 1. The molecule has 0 bridgehead atoms. The molecule has 0 saturated carbocycles. The van der Waals surface area contributed by atoms with E-state index in [9.17, 15) is 9.59 Å². The van der Waals surface area contributed by atoms with Crippen molar-refractivity contribution < 1.29 is 19.1 Å². The Morgan fingerprint density at radius 2 is 1.84 bits per heavy atom. The van der Waals surface area contributed by atoms with Crippen molar-refractivity contribution >= 4 is 17.5 Å². The Kier molecular flexibility index (Phi) is 2.98. The SMILES string of the molecule is O=C(Nc1ccc2c(c1)OCO2)C(=O)N1CCCC1. The van der Waals surface area contributed by atoms with Crippen LogP contribution in [0.5, 0.6) is 11.5 Å². The Labute approximate surface area is 110 Å². The van der Waals surface area contributed by atoms with Gasteiger partial charge >= 0.3 is 11.8 Å². The molecule has 1 aromatic rings. The van der Waals surface area contributed by atoms with Crippen LogP contribution in [0.2, 0.25) is 0 Å². The molecule has 3 rings (SSSR count). The van der Waals surface area contributed by atoms with Crippen molar-refractivity contribution in [3.8, 4) is 11.5 Å². The fourth-order valence-corrected chi connectivity index (χ4v) is 2.22. The minimum Gasteiger partial charge on any atom is -0.454 e. The van der Waals surface area contributed by atoms with Crippen molar-refractivity contribution in [3.05, 3.63) is 18.2 Å². The molecule has 0 unspecified atom stereocenters. The zero-order valence-electron chi connectivity index (χ0n) is 10.3. The Balaban J connectivity index is 1.67. The summed E-state index contributed by atoms with van der Waals surface area (Å²) in [5.41, 5.74) is 0.529. The van der Waals surface area contributed by atoms with Gasteiger partial charge in [-0.1, -0.05) is 0 Å². The van der Waals surface area contributed by atoms with Crippen LogP contribution in [0.25, 0.3) is 0 Å². The number of benzene rings is 1. The zero-order chi connectivity index (χ0) is 13.2. The number of carbonyl (C=O) groups is 2. The van der Waals surface area contributed by atoms with Gasteiger partial charge in [0, 0.05) is 24.8 Å². The maximum atomic E-state index is 11.8. The number of ether oxygens (including phenoxy) is 2. The molecule has 19 heavy (non-hydrogen) atoms. The highest BCUT2D eigenvalue weighted by molar-refractivity contribution is 6.39. The summed E-state index contributed by atoms with van der Waals surface area (Å²) >= 11 is 0. The summed E-state index contributed by atoms with van der Waals surface area (Å²) < 4.78 is 10.4. The highest BCUT2D eigenvalue weighted by atomic mass is 16.7. The minimum atomic E-state index is -0.610. The molecule has 100 valence electrons. The third-order valence-corrected chi connectivity index (χ3v) is 3.22. The van der Waals surface area contributed by atoms with E-state index in [0.717, 1.165) is 12.8 Å². The fourth-order valence-electron chi connectivity index (χ4n) is 2.22. The van der Waals surface area contributed by atoms with Gasteiger partial charge < -0.3 is 19.7 Å². The summed E-state index contributed by atoms with van der Waals surface area (Å²) in [5, 5.41) is 2.58. The van der Waals surface area contributed by atoms with E-state index in [1.54, 1.807) is 23.1 Å². The van der Waals surface area contributed by atoms with Gasteiger partial charge in [0.25, 0.3) is 0 Å². The molecule has 2 heterocycles. The van der Waals surface area contributed by atoms with Crippen molar-refractivity contribution in [2.24, 2.45) is 0 Å². The molecule has 1 fully saturated rings. The van der Waals surface area contributed by atoms with Crippen molar-refractivity contribution in [3.63, 3.8) is 0 Å². The van der Waals surface area contributed by atoms with Gasteiger partial charge in [0.05, 0.1) is 0 Å². The predicted molar refractivity (Wildman–Crippen MR) is 67.0 cm³/mol. The van der Waals surface area contributed by atoms with Crippen molar-refractivity contribution in [2.45, 2.75) is 12.8 Å². The highest BCUT2D eigenvalue weighted by Gasteiger charge is 2.24. The van der Waals surface area contributed by atoms with Gasteiger partial charge in [0.1, 0.15) is 0 Å². The summed E-state index contributed by atoms with van der Waals surface area (Å²) in [5.74, 6) is 0.131. The third-order valence-electron chi connectivity index (χ3n) is 3.22. The Hall–Kier alpha value is -2.24. The molecule has 0 aliphatic carbocycles. The predicted octanol–water partition coefficient (Wildman–Crippen LogP) is 0.976. The van der Waals surface area contributed by atoms with Gasteiger partial charge in [-0.3, -0.25) is 9.59 Å². The monoisotopic (exact) mass is 262 g/mol. The quantitative estimate of drug-likeness (QED) is 0.766. The second kappa shape index (κ2) is 4.79. The standard InChI is InChI=1S/C13H14N2O4/c16-12(13(17)15-5-1-2-6-15)14-9-3-4-10-11(7-9)19-8-18-10/h3-4,7H,1-2,5-6,8H2,(H,14,16). The number of carbonyl (C=O) groups excluding carboxylic acids is 2. The molecule has 1 saturated heterocycles. The van der Waals surface area contributed by atoms with Gasteiger partial charge in [-0.05, 0) is 25.0 Å². The Morgan fingerprint density at radius 1 is 1.11 bits per heavy atom. The molecule has 1 N–H and O–H groups in total. The van der Waals surface area contributed by atoms with E-state index >= 15 is 0 Å². The second-order valence-electron chi connectivity index (χ2n) is 4.52. The van der Waals surface area contributed by atoms with Crippen LogP contribution in [0.3, 0.4) is 0 Å². The number of likely N-dealkylation sites (tertiary alicyclic amines) is 1. The highest BCUT2D eigenvalue weighted by Crippen LogP contribution is 2.34. The number of rotatable bonds is 1. The van der Waals surface area contributed by atoms with E-state index < -0.39 is 11.8 Å².